The van der Waals surface area contributed by atoms with Crippen LogP contribution in [0.1, 0.15) is 28.2 Å². The second-order valence-corrected chi connectivity index (χ2v) is 12.9. The summed E-state index contributed by atoms with van der Waals surface area (Å²) < 4.78 is -0.833. The summed E-state index contributed by atoms with van der Waals surface area (Å²) in [5.41, 5.74) is 4.68. The number of benzene rings is 4. The molecule has 3 atom stereocenters. The van der Waals surface area contributed by atoms with E-state index >= 15 is 0 Å². The summed E-state index contributed by atoms with van der Waals surface area (Å²) in [6.45, 7) is 0. The monoisotopic (exact) mass is 601 g/mol. The Hall–Kier alpha value is -1.02. The molecule has 0 spiro atoms. The van der Waals surface area contributed by atoms with Gasteiger partial charge in [-0.05, 0) is 17.3 Å². The number of rotatable bonds is 6. The summed E-state index contributed by atoms with van der Waals surface area (Å²) in [4.78, 5) is -0.843. The zero-order chi connectivity index (χ0) is 23.7. The normalized spacial score (nSPS) is 13.1. The van der Waals surface area contributed by atoms with Gasteiger partial charge in [-0.1, -0.05) is 60.7 Å². The van der Waals surface area contributed by atoms with Crippen molar-refractivity contribution in [1.29, 1.82) is 0 Å². The minimum atomic E-state index is -0.843. The quantitative estimate of drug-likeness (QED) is 0.119. The van der Waals surface area contributed by atoms with Gasteiger partial charge in [-0.2, -0.15) is 0 Å². The van der Waals surface area contributed by atoms with Gasteiger partial charge in [0.05, 0.1) is 0 Å². The molecule has 33 heavy (non-hydrogen) atoms. The number of hydrogen-bond donors (Lipinski definition) is 0. The van der Waals surface area contributed by atoms with Gasteiger partial charge < -0.3 is 0 Å². The maximum absolute atomic E-state index is 6.88. The van der Waals surface area contributed by atoms with Crippen LogP contribution in [0.15, 0.2) is 121 Å². The number of halogens is 2. The van der Waals surface area contributed by atoms with Crippen molar-refractivity contribution >= 4 is 41.7 Å². The van der Waals surface area contributed by atoms with Gasteiger partial charge >= 0.3 is 131 Å². The molecule has 0 nitrogen and oxygen atoms in total. The molecule has 0 radical (unpaired) electrons. The average Bonchev–Trinajstić information content (AvgIpc) is 2.86. The van der Waals surface area contributed by atoms with Crippen LogP contribution >= 0.6 is 41.7 Å². The fourth-order valence-corrected chi connectivity index (χ4v) is 5.50. The molecular weight excluding hydrogens is 576 g/mol. The Morgan fingerprint density at radius 3 is 1.18 bits per heavy atom. The molecule has 0 bridgehead atoms. The molecule has 0 aliphatic carbocycles. The molecule has 0 saturated carbocycles. The van der Waals surface area contributed by atoms with Crippen molar-refractivity contribution in [2.75, 3.05) is 6.16 Å². The third-order valence-corrected chi connectivity index (χ3v) is 8.42. The van der Waals surface area contributed by atoms with E-state index in [4.69, 9.17) is 23.2 Å². The van der Waals surface area contributed by atoms with Gasteiger partial charge in [0.2, 0.25) is 0 Å². The van der Waals surface area contributed by atoms with E-state index in [0.29, 0.717) is 5.92 Å². The molecule has 0 aliphatic rings. The second kappa shape index (κ2) is 12.6. The van der Waals surface area contributed by atoms with Crippen LogP contribution in [0.3, 0.4) is 0 Å². The van der Waals surface area contributed by atoms with Gasteiger partial charge in [0.15, 0.2) is 0 Å². The van der Waals surface area contributed by atoms with Crippen LogP contribution in [0.5, 0.6) is 0 Å². The summed E-state index contributed by atoms with van der Waals surface area (Å²) in [7, 11) is 5.41. The van der Waals surface area contributed by atoms with Crippen molar-refractivity contribution in [3.05, 3.63) is 144 Å². The van der Waals surface area contributed by atoms with E-state index in [1.807, 2.05) is 60.7 Å². The zero-order valence-corrected chi connectivity index (χ0v) is 23.4. The van der Waals surface area contributed by atoms with Gasteiger partial charge in [-0.3, -0.25) is 0 Å². The van der Waals surface area contributed by atoms with Crippen molar-refractivity contribution in [2.24, 2.45) is 0 Å². The van der Waals surface area contributed by atoms with E-state index < -0.39 is 7.96 Å². The van der Waals surface area contributed by atoms with E-state index in [-0.39, 0.29) is 0 Å². The van der Waals surface area contributed by atoms with Gasteiger partial charge in [0, 0.05) is 5.92 Å². The first-order chi connectivity index (χ1) is 15.9. The average molecular weight is 603 g/mol. The van der Waals surface area contributed by atoms with Crippen molar-refractivity contribution in [2.45, 2.75) is 13.9 Å². The molecule has 3 unspecified atom stereocenters. The van der Waals surface area contributed by atoms with Crippen LogP contribution in [-0.2, 0) is 24.1 Å². The van der Waals surface area contributed by atoms with Gasteiger partial charge in [-0.15, -0.1) is 9.24 Å². The summed E-state index contributed by atoms with van der Waals surface area (Å²) in [6, 6.07) is 41.0. The Bertz CT molecular complexity index is 1010. The summed E-state index contributed by atoms with van der Waals surface area (Å²) in [5.74, 6) is 0.498. The Labute approximate surface area is 223 Å². The first-order valence-corrected chi connectivity index (χ1v) is 13.5. The maximum atomic E-state index is 6.88. The molecule has 4 aromatic carbocycles. The third kappa shape index (κ3) is 6.77. The van der Waals surface area contributed by atoms with Crippen LogP contribution in [-0.4, -0.2) is 9.25 Å². The van der Waals surface area contributed by atoms with Crippen LogP contribution in [0.25, 0.3) is 0 Å². The Balaban J connectivity index is 0.000000189. The van der Waals surface area contributed by atoms with Crippen LogP contribution < -0.4 is 0 Å². The molecule has 0 heterocycles. The molecule has 4 aromatic rings. The molecule has 0 saturated heterocycles. The predicted molar refractivity (Wildman–Crippen MR) is 147 cm³/mol. The van der Waals surface area contributed by atoms with Crippen molar-refractivity contribution in [1.82, 2.24) is 0 Å². The van der Waals surface area contributed by atoms with Gasteiger partial charge in [-0.25, -0.2) is 0 Å². The van der Waals surface area contributed by atoms with Crippen LogP contribution in [0.2, 0.25) is 0 Å². The predicted octanol–water partition coefficient (Wildman–Crippen LogP) is 8.18. The van der Waals surface area contributed by atoms with Crippen LogP contribution in [0.4, 0.5) is 0 Å². The second-order valence-electron chi connectivity index (χ2n) is 7.58. The van der Waals surface area contributed by atoms with Crippen molar-refractivity contribution in [3.8, 4) is 0 Å². The SMILES string of the molecule is PCC(c1ccccc1)c1ccccc1.P[C](Cl)([Pd])C(Cl)(c1ccccc1)c1ccccc1. The summed E-state index contributed by atoms with van der Waals surface area (Å²) in [5, 5.41) is 0. The molecule has 0 amide bonds. The van der Waals surface area contributed by atoms with E-state index in [1.165, 1.54) is 11.1 Å². The molecule has 5 heteroatoms. The summed E-state index contributed by atoms with van der Waals surface area (Å²) in [6.07, 6.45) is 1.06. The third-order valence-electron chi connectivity index (χ3n) is 5.42. The topological polar surface area (TPSA) is 0 Å². The molecule has 0 aromatic heterocycles. The van der Waals surface area contributed by atoms with Crippen molar-refractivity contribution < 1.29 is 19.2 Å². The Morgan fingerprint density at radius 1 is 0.606 bits per heavy atom. The van der Waals surface area contributed by atoms with Crippen molar-refractivity contribution in [3.63, 3.8) is 0 Å². The Kier molecular flexibility index (Phi) is 10.2. The van der Waals surface area contributed by atoms with E-state index in [1.54, 1.807) is 0 Å². The number of alkyl halides is 2. The summed E-state index contributed by atoms with van der Waals surface area (Å²) >= 11 is 16.5. The standard InChI is InChI=1S/C14H12Cl2P.C14H15P.Pd/c15-13(17)14(16,11-7-3-1-4-8-11)12-9-5-2-6-10-12;15-11-14(12-7-3-1-4-8-12)13-9-5-2-6-10-13;/h1-10H,17H2;1-10,14H,11,15H2;. The van der Waals surface area contributed by atoms with E-state index in [9.17, 15) is 0 Å². The molecule has 4 rings (SSSR count). The molecular formula is C28H27Cl2P2Pd. The van der Waals surface area contributed by atoms with Gasteiger partial charge in [0.1, 0.15) is 0 Å². The first-order valence-electron chi connectivity index (χ1n) is 10.6. The zero-order valence-electron chi connectivity index (χ0n) is 18.1. The number of hydrogen-bond acceptors (Lipinski definition) is 0. The fourth-order valence-electron chi connectivity index (χ4n) is 3.70. The van der Waals surface area contributed by atoms with E-state index in [0.717, 1.165) is 17.3 Å². The molecule has 0 N–H and O–H groups in total. The van der Waals surface area contributed by atoms with Gasteiger partial charge in [0.25, 0.3) is 0 Å². The van der Waals surface area contributed by atoms with E-state index in [2.05, 4.69) is 98.3 Å². The molecule has 0 aliphatic heterocycles. The molecule has 173 valence electrons. The molecule has 0 fully saturated rings. The minimum absolute atomic E-state index is 0.498. The fraction of sp³-hybridized carbons (Fsp3) is 0.143. The first kappa shape index (κ1) is 26.6. The van der Waals surface area contributed by atoms with Crippen LogP contribution in [0, 0.1) is 0 Å². The Morgan fingerprint density at radius 2 is 0.909 bits per heavy atom.